The van der Waals surface area contributed by atoms with Crippen LogP contribution in [0.3, 0.4) is 0 Å². The lowest BCUT2D eigenvalue weighted by Crippen LogP contribution is -2.53. The van der Waals surface area contributed by atoms with Gasteiger partial charge in [0.05, 0.1) is 5.69 Å². The maximum atomic E-state index is 9.50. The first-order valence-electron chi connectivity index (χ1n) is 9.78. The Labute approximate surface area is 157 Å². The lowest BCUT2D eigenvalue weighted by molar-refractivity contribution is 0.0524. The summed E-state index contributed by atoms with van der Waals surface area (Å²) in [6.07, 6.45) is 3.16. The summed E-state index contributed by atoms with van der Waals surface area (Å²) in [6.45, 7) is 7.49. The third kappa shape index (κ3) is 5.63. The number of hydrogen-bond acceptors (Lipinski definition) is 4. The first kappa shape index (κ1) is 19.0. The molecule has 4 nitrogen and oxygen atoms in total. The van der Waals surface area contributed by atoms with E-state index in [1.54, 1.807) is 0 Å². The highest BCUT2D eigenvalue weighted by Crippen LogP contribution is 2.17. The fraction of sp³-hybridized carbons (Fsp3) is 0.500. The molecule has 1 saturated heterocycles. The average molecular weight is 354 g/mol. The Morgan fingerprint density at radius 2 is 1.92 bits per heavy atom. The summed E-state index contributed by atoms with van der Waals surface area (Å²) in [6, 6.07) is 17.4. The van der Waals surface area contributed by atoms with Crippen molar-refractivity contribution >= 4 is 0 Å². The van der Waals surface area contributed by atoms with E-state index in [1.165, 1.54) is 12.0 Å². The first-order chi connectivity index (χ1) is 12.7. The molecular formula is C22H31N3O. The summed E-state index contributed by atoms with van der Waals surface area (Å²) in [7, 11) is 0. The number of aliphatic hydroxyl groups excluding tert-OH is 1. The predicted octanol–water partition coefficient (Wildman–Crippen LogP) is 2.89. The molecule has 1 aliphatic rings. The molecule has 1 aliphatic heterocycles. The smallest absolute Gasteiger partial charge is 0.0547 e. The van der Waals surface area contributed by atoms with Gasteiger partial charge in [-0.05, 0) is 50.4 Å². The van der Waals surface area contributed by atoms with Crippen LogP contribution < -0.4 is 0 Å². The second kappa shape index (κ2) is 9.81. The van der Waals surface area contributed by atoms with E-state index in [1.807, 2.05) is 13.0 Å². The van der Waals surface area contributed by atoms with Gasteiger partial charge >= 0.3 is 0 Å². The van der Waals surface area contributed by atoms with Crippen molar-refractivity contribution in [1.29, 1.82) is 0 Å². The van der Waals surface area contributed by atoms with Crippen molar-refractivity contribution in [3.8, 4) is 0 Å². The quantitative estimate of drug-likeness (QED) is 0.792. The number of pyridine rings is 1. The third-order valence-electron chi connectivity index (χ3n) is 5.24. The Morgan fingerprint density at radius 3 is 2.69 bits per heavy atom. The fourth-order valence-electron chi connectivity index (χ4n) is 3.84. The molecule has 1 aromatic carbocycles. The molecule has 0 unspecified atom stereocenters. The standard InChI is InChI=1S/C22H31N3O/c1-19-7-5-11-21(23-19)17-25-15-14-24(18-22(25)12-16-26)13-6-10-20-8-3-2-4-9-20/h2-5,7-9,11,22,26H,6,10,12-18H2,1H3/t22-/m1/s1. The van der Waals surface area contributed by atoms with E-state index in [0.717, 1.165) is 57.0 Å². The largest absolute Gasteiger partial charge is 0.396 e. The molecule has 140 valence electrons. The molecule has 0 spiro atoms. The highest BCUT2D eigenvalue weighted by atomic mass is 16.3. The van der Waals surface area contributed by atoms with E-state index in [-0.39, 0.29) is 6.61 Å². The Bertz CT molecular complexity index is 661. The van der Waals surface area contributed by atoms with E-state index in [0.29, 0.717) is 6.04 Å². The Balaban J connectivity index is 1.50. The van der Waals surface area contributed by atoms with E-state index < -0.39 is 0 Å². The molecule has 0 bridgehead atoms. The van der Waals surface area contributed by atoms with E-state index in [4.69, 9.17) is 0 Å². The molecule has 4 heteroatoms. The number of piperazine rings is 1. The van der Waals surface area contributed by atoms with Crippen LogP contribution in [0, 0.1) is 6.92 Å². The Morgan fingerprint density at radius 1 is 1.08 bits per heavy atom. The highest BCUT2D eigenvalue weighted by Gasteiger charge is 2.26. The minimum atomic E-state index is 0.250. The number of aromatic nitrogens is 1. The second-order valence-corrected chi connectivity index (χ2v) is 7.30. The molecule has 1 atom stereocenters. The minimum absolute atomic E-state index is 0.250. The van der Waals surface area contributed by atoms with E-state index >= 15 is 0 Å². The molecular weight excluding hydrogens is 322 g/mol. The van der Waals surface area contributed by atoms with Gasteiger partial charge in [-0.3, -0.25) is 9.88 Å². The number of benzene rings is 1. The molecule has 2 heterocycles. The lowest BCUT2D eigenvalue weighted by Gasteiger charge is -2.41. The van der Waals surface area contributed by atoms with Crippen molar-refractivity contribution in [2.45, 2.75) is 38.8 Å². The van der Waals surface area contributed by atoms with Crippen LogP contribution in [0.25, 0.3) is 0 Å². The number of hydrogen-bond donors (Lipinski definition) is 1. The van der Waals surface area contributed by atoms with Crippen LogP contribution >= 0.6 is 0 Å². The van der Waals surface area contributed by atoms with Crippen LogP contribution in [-0.4, -0.2) is 58.7 Å². The van der Waals surface area contributed by atoms with Crippen molar-refractivity contribution in [3.63, 3.8) is 0 Å². The highest BCUT2D eigenvalue weighted by molar-refractivity contribution is 5.14. The fourth-order valence-corrected chi connectivity index (χ4v) is 3.84. The summed E-state index contributed by atoms with van der Waals surface area (Å²) in [5, 5.41) is 9.50. The van der Waals surface area contributed by atoms with Gasteiger partial charge in [0.2, 0.25) is 0 Å². The van der Waals surface area contributed by atoms with Gasteiger partial charge in [-0.1, -0.05) is 36.4 Å². The SMILES string of the molecule is Cc1cccc(CN2CCN(CCCc3ccccc3)C[C@H]2CCO)n1. The third-order valence-corrected chi connectivity index (χ3v) is 5.24. The van der Waals surface area contributed by atoms with E-state index in [9.17, 15) is 5.11 Å². The number of rotatable bonds is 8. The molecule has 26 heavy (non-hydrogen) atoms. The van der Waals surface area contributed by atoms with Crippen LogP contribution in [0.5, 0.6) is 0 Å². The minimum Gasteiger partial charge on any atom is -0.396 e. The van der Waals surface area contributed by atoms with Gasteiger partial charge in [0.1, 0.15) is 0 Å². The molecule has 2 aromatic rings. The van der Waals surface area contributed by atoms with Gasteiger partial charge in [0.25, 0.3) is 0 Å². The molecule has 0 amide bonds. The van der Waals surface area contributed by atoms with Gasteiger partial charge < -0.3 is 10.0 Å². The van der Waals surface area contributed by atoms with Crippen LogP contribution in [0.15, 0.2) is 48.5 Å². The molecule has 0 radical (unpaired) electrons. The molecule has 1 aromatic heterocycles. The van der Waals surface area contributed by atoms with Crippen LogP contribution in [-0.2, 0) is 13.0 Å². The van der Waals surface area contributed by atoms with Crippen LogP contribution in [0.1, 0.15) is 29.8 Å². The van der Waals surface area contributed by atoms with Crippen molar-refractivity contribution < 1.29 is 5.11 Å². The van der Waals surface area contributed by atoms with Gasteiger partial charge in [-0.25, -0.2) is 0 Å². The van der Waals surface area contributed by atoms with Crippen molar-refractivity contribution in [1.82, 2.24) is 14.8 Å². The summed E-state index contributed by atoms with van der Waals surface area (Å²) in [4.78, 5) is 9.70. The topological polar surface area (TPSA) is 39.6 Å². The zero-order valence-electron chi connectivity index (χ0n) is 15.8. The second-order valence-electron chi connectivity index (χ2n) is 7.30. The van der Waals surface area contributed by atoms with Crippen molar-refractivity contribution in [2.75, 3.05) is 32.8 Å². The van der Waals surface area contributed by atoms with Crippen molar-refractivity contribution in [3.05, 3.63) is 65.5 Å². The zero-order chi connectivity index (χ0) is 18.2. The summed E-state index contributed by atoms with van der Waals surface area (Å²) in [5.74, 6) is 0. The monoisotopic (exact) mass is 353 g/mol. The maximum Gasteiger partial charge on any atom is 0.0547 e. The zero-order valence-corrected chi connectivity index (χ0v) is 15.8. The molecule has 3 rings (SSSR count). The molecule has 1 fully saturated rings. The molecule has 0 saturated carbocycles. The van der Waals surface area contributed by atoms with Gasteiger partial charge in [-0.15, -0.1) is 0 Å². The first-order valence-corrected chi connectivity index (χ1v) is 9.78. The number of aryl methyl sites for hydroxylation is 2. The summed E-state index contributed by atoms with van der Waals surface area (Å²) >= 11 is 0. The van der Waals surface area contributed by atoms with Crippen LogP contribution in [0.4, 0.5) is 0 Å². The maximum absolute atomic E-state index is 9.50. The van der Waals surface area contributed by atoms with Gasteiger partial charge in [-0.2, -0.15) is 0 Å². The number of nitrogens with zero attached hydrogens (tertiary/aromatic N) is 3. The summed E-state index contributed by atoms with van der Waals surface area (Å²) in [5.41, 5.74) is 3.62. The van der Waals surface area contributed by atoms with Gasteiger partial charge in [0.15, 0.2) is 0 Å². The molecule has 1 N–H and O–H groups in total. The Hall–Kier alpha value is -1.75. The summed E-state index contributed by atoms with van der Waals surface area (Å²) < 4.78 is 0. The number of aliphatic hydroxyl groups is 1. The van der Waals surface area contributed by atoms with Crippen LogP contribution in [0.2, 0.25) is 0 Å². The predicted molar refractivity (Wildman–Crippen MR) is 106 cm³/mol. The molecule has 0 aliphatic carbocycles. The van der Waals surface area contributed by atoms with Gasteiger partial charge in [0, 0.05) is 44.5 Å². The van der Waals surface area contributed by atoms with E-state index in [2.05, 4.69) is 57.2 Å². The average Bonchev–Trinajstić information content (AvgIpc) is 2.65. The van der Waals surface area contributed by atoms with Crippen molar-refractivity contribution in [2.24, 2.45) is 0 Å². The normalized spacial score (nSPS) is 18.9. The lowest BCUT2D eigenvalue weighted by atomic mass is 10.1. The Kier molecular flexibility index (Phi) is 7.18.